The van der Waals surface area contributed by atoms with E-state index in [4.69, 9.17) is 0 Å². The Labute approximate surface area is 121 Å². The van der Waals surface area contributed by atoms with Gasteiger partial charge in [0, 0.05) is 13.6 Å². The lowest BCUT2D eigenvalue weighted by molar-refractivity contribution is -0.274. The van der Waals surface area contributed by atoms with Crippen LogP contribution in [0.1, 0.15) is 19.4 Å². The van der Waals surface area contributed by atoms with Gasteiger partial charge in [0.15, 0.2) is 0 Å². The number of aliphatic hydroxyl groups is 1. The summed E-state index contributed by atoms with van der Waals surface area (Å²) in [6.07, 6.45) is -4.83. The second kappa shape index (κ2) is 6.34. The molecule has 4 nitrogen and oxygen atoms in total. The Kier molecular flexibility index (Phi) is 5.22. The predicted molar refractivity (Wildman–Crippen MR) is 70.8 cm³/mol. The maximum atomic E-state index is 12.1. The highest BCUT2D eigenvalue weighted by molar-refractivity contribution is 5.78. The third-order valence-corrected chi connectivity index (χ3v) is 2.54. The van der Waals surface area contributed by atoms with Crippen molar-refractivity contribution in [2.24, 2.45) is 0 Å². The van der Waals surface area contributed by atoms with Crippen LogP contribution in [0.4, 0.5) is 13.2 Å². The Morgan fingerprint density at radius 3 is 2.48 bits per heavy atom. The third-order valence-electron chi connectivity index (χ3n) is 2.54. The van der Waals surface area contributed by atoms with Crippen LogP contribution in [-0.2, 0) is 11.2 Å². The number of halogens is 3. The fourth-order valence-electron chi connectivity index (χ4n) is 1.83. The van der Waals surface area contributed by atoms with Crippen LogP contribution in [-0.4, -0.2) is 41.5 Å². The standard InChI is InChI=1S/C14H18F3NO3/c1-13(2,20)9-18(3)12(19)8-10-5-4-6-11(7-10)21-14(15,16)17/h4-7,20H,8-9H2,1-3H3. The zero-order valence-corrected chi connectivity index (χ0v) is 12.1. The Hall–Kier alpha value is -1.76. The Bertz CT molecular complexity index is 495. The van der Waals surface area contributed by atoms with E-state index in [0.717, 1.165) is 0 Å². The number of carbonyl (C=O) groups is 1. The molecule has 0 saturated carbocycles. The summed E-state index contributed by atoms with van der Waals surface area (Å²) in [7, 11) is 1.52. The van der Waals surface area contributed by atoms with Crippen molar-refractivity contribution in [2.75, 3.05) is 13.6 Å². The van der Waals surface area contributed by atoms with Crippen LogP contribution in [0.25, 0.3) is 0 Å². The average molecular weight is 305 g/mol. The largest absolute Gasteiger partial charge is 0.573 e. The summed E-state index contributed by atoms with van der Waals surface area (Å²) in [5.41, 5.74) is -0.629. The van der Waals surface area contributed by atoms with Crippen molar-refractivity contribution < 1.29 is 27.8 Å². The quantitative estimate of drug-likeness (QED) is 0.908. The summed E-state index contributed by atoms with van der Waals surface area (Å²) in [4.78, 5) is 13.3. The molecule has 0 saturated heterocycles. The molecule has 21 heavy (non-hydrogen) atoms. The first kappa shape index (κ1) is 17.3. The van der Waals surface area contributed by atoms with E-state index in [1.165, 1.54) is 30.1 Å². The van der Waals surface area contributed by atoms with Crippen molar-refractivity contribution in [1.82, 2.24) is 4.90 Å². The molecule has 0 fully saturated rings. The SMILES string of the molecule is CN(CC(C)(C)O)C(=O)Cc1cccc(OC(F)(F)F)c1. The summed E-state index contributed by atoms with van der Waals surface area (Å²) in [6.45, 7) is 3.26. The van der Waals surface area contributed by atoms with Gasteiger partial charge in [-0.15, -0.1) is 13.2 Å². The second-order valence-electron chi connectivity index (χ2n) is 5.43. The highest BCUT2D eigenvalue weighted by Gasteiger charge is 2.31. The van der Waals surface area contributed by atoms with Gasteiger partial charge in [0.05, 0.1) is 12.0 Å². The molecule has 0 heterocycles. The molecule has 1 amide bonds. The first-order valence-electron chi connectivity index (χ1n) is 6.27. The molecule has 0 aliphatic heterocycles. The molecule has 1 aromatic rings. The number of likely N-dealkylation sites (N-methyl/N-ethyl adjacent to an activating group) is 1. The predicted octanol–water partition coefficient (Wildman–Crippen LogP) is 2.36. The lowest BCUT2D eigenvalue weighted by atomic mass is 10.1. The Balaban J connectivity index is 2.70. The van der Waals surface area contributed by atoms with Crippen LogP contribution in [0.3, 0.4) is 0 Å². The van der Waals surface area contributed by atoms with E-state index >= 15 is 0 Å². The molecular weight excluding hydrogens is 287 g/mol. The molecule has 1 rings (SSSR count). The normalized spacial score (nSPS) is 12.1. The Morgan fingerprint density at radius 2 is 1.95 bits per heavy atom. The van der Waals surface area contributed by atoms with Crippen molar-refractivity contribution in [3.63, 3.8) is 0 Å². The van der Waals surface area contributed by atoms with Gasteiger partial charge in [0.25, 0.3) is 0 Å². The minimum atomic E-state index is -4.76. The fourth-order valence-corrected chi connectivity index (χ4v) is 1.83. The van der Waals surface area contributed by atoms with Gasteiger partial charge in [0.2, 0.25) is 5.91 Å². The highest BCUT2D eigenvalue weighted by atomic mass is 19.4. The zero-order valence-electron chi connectivity index (χ0n) is 12.1. The third kappa shape index (κ3) is 6.99. The molecule has 1 N–H and O–H groups in total. The number of benzene rings is 1. The molecule has 0 aliphatic rings. The lowest BCUT2D eigenvalue weighted by Gasteiger charge is -2.25. The number of carbonyl (C=O) groups excluding carboxylic acids is 1. The molecule has 0 bridgehead atoms. The molecule has 0 atom stereocenters. The van der Waals surface area contributed by atoms with Gasteiger partial charge in [0.1, 0.15) is 5.75 Å². The topological polar surface area (TPSA) is 49.8 Å². The van der Waals surface area contributed by atoms with Crippen LogP contribution in [0.5, 0.6) is 5.75 Å². The minimum absolute atomic E-state index is 0.0678. The van der Waals surface area contributed by atoms with Crippen LogP contribution in [0, 0.1) is 0 Å². The number of hydrogen-bond donors (Lipinski definition) is 1. The number of alkyl halides is 3. The number of nitrogens with zero attached hydrogens (tertiary/aromatic N) is 1. The number of ether oxygens (including phenoxy) is 1. The van der Waals surface area contributed by atoms with Crippen molar-refractivity contribution in [3.05, 3.63) is 29.8 Å². The monoisotopic (exact) mass is 305 g/mol. The summed E-state index contributed by atoms with van der Waals surface area (Å²) < 4.78 is 40.2. The van der Waals surface area contributed by atoms with Crippen molar-refractivity contribution in [1.29, 1.82) is 0 Å². The molecule has 0 aromatic heterocycles. The van der Waals surface area contributed by atoms with E-state index in [1.54, 1.807) is 19.9 Å². The molecule has 0 aliphatic carbocycles. The highest BCUT2D eigenvalue weighted by Crippen LogP contribution is 2.23. The van der Waals surface area contributed by atoms with E-state index in [2.05, 4.69) is 4.74 Å². The molecule has 7 heteroatoms. The van der Waals surface area contributed by atoms with E-state index in [0.29, 0.717) is 5.56 Å². The van der Waals surface area contributed by atoms with Crippen LogP contribution in [0.2, 0.25) is 0 Å². The van der Waals surface area contributed by atoms with Gasteiger partial charge in [-0.25, -0.2) is 0 Å². The first-order chi connectivity index (χ1) is 9.46. The number of rotatable bonds is 5. The zero-order chi connectivity index (χ0) is 16.3. The molecule has 0 unspecified atom stereocenters. The van der Waals surface area contributed by atoms with Crippen LogP contribution in [0.15, 0.2) is 24.3 Å². The smallest absolute Gasteiger partial charge is 0.406 e. The average Bonchev–Trinajstić information content (AvgIpc) is 2.24. The van der Waals surface area contributed by atoms with Gasteiger partial charge in [-0.2, -0.15) is 0 Å². The maximum absolute atomic E-state index is 12.1. The Morgan fingerprint density at radius 1 is 1.33 bits per heavy atom. The van der Waals surface area contributed by atoms with E-state index in [-0.39, 0.29) is 24.6 Å². The number of amides is 1. The molecule has 0 spiro atoms. The van der Waals surface area contributed by atoms with Gasteiger partial charge in [-0.1, -0.05) is 12.1 Å². The summed E-state index contributed by atoms with van der Waals surface area (Å²) in [5, 5.41) is 9.64. The van der Waals surface area contributed by atoms with E-state index in [1.807, 2.05) is 0 Å². The van der Waals surface area contributed by atoms with E-state index < -0.39 is 12.0 Å². The van der Waals surface area contributed by atoms with Gasteiger partial charge in [-0.05, 0) is 31.5 Å². The van der Waals surface area contributed by atoms with Gasteiger partial charge < -0.3 is 14.7 Å². The summed E-state index contributed by atoms with van der Waals surface area (Å²) >= 11 is 0. The van der Waals surface area contributed by atoms with E-state index in [9.17, 15) is 23.1 Å². The number of hydrogen-bond acceptors (Lipinski definition) is 3. The van der Waals surface area contributed by atoms with Gasteiger partial charge in [-0.3, -0.25) is 4.79 Å². The molecular formula is C14H18F3NO3. The van der Waals surface area contributed by atoms with Crippen LogP contribution >= 0.6 is 0 Å². The van der Waals surface area contributed by atoms with Crippen LogP contribution < -0.4 is 4.74 Å². The fraction of sp³-hybridized carbons (Fsp3) is 0.500. The lowest BCUT2D eigenvalue weighted by Crippen LogP contribution is -2.40. The molecule has 1 aromatic carbocycles. The maximum Gasteiger partial charge on any atom is 0.573 e. The molecule has 0 radical (unpaired) electrons. The van der Waals surface area contributed by atoms with Crippen molar-refractivity contribution >= 4 is 5.91 Å². The molecule has 118 valence electrons. The van der Waals surface area contributed by atoms with Crippen molar-refractivity contribution in [3.8, 4) is 5.75 Å². The summed E-state index contributed by atoms with van der Waals surface area (Å²) in [6, 6.07) is 5.27. The summed E-state index contributed by atoms with van der Waals surface area (Å²) in [5.74, 6) is -0.667. The first-order valence-corrected chi connectivity index (χ1v) is 6.27. The second-order valence-corrected chi connectivity index (χ2v) is 5.43. The minimum Gasteiger partial charge on any atom is -0.406 e. The van der Waals surface area contributed by atoms with Crippen molar-refractivity contribution in [2.45, 2.75) is 32.2 Å². The van der Waals surface area contributed by atoms with Gasteiger partial charge >= 0.3 is 6.36 Å².